The minimum absolute atomic E-state index is 0. The van der Waals surface area contributed by atoms with Crippen LogP contribution in [0.5, 0.6) is 5.75 Å². The smallest absolute Gasteiger partial charge is 0.169 e. The third-order valence-corrected chi connectivity index (χ3v) is 2.51. The molecular formula is C11H15ClFNO2. The van der Waals surface area contributed by atoms with Crippen LogP contribution in [0.4, 0.5) is 4.39 Å². The molecule has 1 fully saturated rings. The second kappa shape index (κ2) is 6.03. The van der Waals surface area contributed by atoms with Gasteiger partial charge in [0.2, 0.25) is 0 Å². The average molecular weight is 248 g/mol. The van der Waals surface area contributed by atoms with Crippen LogP contribution >= 0.6 is 12.4 Å². The Kier molecular flexibility index (Phi) is 4.99. The Morgan fingerprint density at radius 1 is 1.50 bits per heavy atom. The molecule has 1 heterocycles. The van der Waals surface area contributed by atoms with Crippen LogP contribution in [-0.4, -0.2) is 26.9 Å². The molecule has 0 bridgehead atoms. The van der Waals surface area contributed by atoms with Gasteiger partial charge in [-0.2, -0.15) is 0 Å². The van der Waals surface area contributed by atoms with Gasteiger partial charge in [-0.25, -0.2) is 4.39 Å². The van der Waals surface area contributed by atoms with E-state index in [0.29, 0.717) is 18.8 Å². The van der Waals surface area contributed by atoms with Crippen molar-refractivity contribution in [3.05, 3.63) is 29.6 Å². The van der Waals surface area contributed by atoms with Gasteiger partial charge in [0.25, 0.3) is 0 Å². The van der Waals surface area contributed by atoms with Gasteiger partial charge in [0.15, 0.2) is 11.6 Å². The van der Waals surface area contributed by atoms with Crippen molar-refractivity contribution in [2.45, 2.75) is 6.04 Å². The molecule has 1 saturated heterocycles. The van der Waals surface area contributed by atoms with Crippen LogP contribution in [-0.2, 0) is 4.74 Å². The maximum atomic E-state index is 13.8. The molecule has 0 aromatic heterocycles. The number of benzene rings is 1. The van der Waals surface area contributed by atoms with E-state index >= 15 is 0 Å². The quantitative estimate of drug-likeness (QED) is 0.866. The summed E-state index contributed by atoms with van der Waals surface area (Å²) in [4.78, 5) is 0. The highest BCUT2D eigenvalue weighted by molar-refractivity contribution is 5.85. The van der Waals surface area contributed by atoms with Gasteiger partial charge in [0, 0.05) is 12.1 Å². The van der Waals surface area contributed by atoms with E-state index in [4.69, 9.17) is 9.47 Å². The van der Waals surface area contributed by atoms with E-state index in [1.165, 1.54) is 7.11 Å². The summed E-state index contributed by atoms with van der Waals surface area (Å²) in [5.74, 6) is -0.0251. The molecule has 16 heavy (non-hydrogen) atoms. The molecule has 1 aromatic rings. The molecule has 1 aromatic carbocycles. The number of rotatable bonds is 2. The summed E-state index contributed by atoms with van der Waals surface area (Å²) in [6.45, 7) is 1.94. The molecule has 1 aliphatic rings. The van der Waals surface area contributed by atoms with Crippen LogP contribution in [0.15, 0.2) is 18.2 Å². The van der Waals surface area contributed by atoms with E-state index in [0.717, 1.165) is 6.54 Å². The van der Waals surface area contributed by atoms with Gasteiger partial charge in [0.05, 0.1) is 26.4 Å². The summed E-state index contributed by atoms with van der Waals surface area (Å²) in [5, 5.41) is 3.21. The van der Waals surface area contributed by atoms with Crippen LogP contribution in [0.1, 0.15) is 11.6 Å². The first-order chi connectivity index (χ1) is 7.33. The van der Waals surface area contributed by atoms with Crippen LogP contribution in [0, 0.1) is 5.82 Å². The van der Waals surface area contributed by atoms with Crippen molar-refractivity contribution in [2.24, 2.45) is 0 Å². The topological polar surface area (TPSA) is 30.5 Å². The highest BCUT2D eigenvalue weighted by atomic mass is 35.5. The van der Waals surface area contributed by atoms with Gasteiger partial charge < -0.3 is 14.8 Å². The lowest BCUT2D eigenvalue weighted by atomic mass is 10.1. The molecule has 1 N–H and O–H groups in total. The minimum Gasteiger partial charge on any atom is -0.494 e. The SMILES string of the molecule is COc1cccc([C@H]2COCCN2)c1F.Cl. The molecule has 3 nitrogen and oxygen atoms in total. The zero-order valence-electron chi connectivity index (χ0n) is 9.03. The van der Waals surface area contributed by atoms with Crippen LogP contribution < -0.4 is 10.1 Å². The molecule has 90 valence electrons. The number of morpholine rings is 1. The lowest BCUT2D eigenvalue weighted by Gasteiger charge is -2.24. The Balaban J connectivity index is 0.00000128. The Labute approximate surface area is 100 Å². The summed E-state index contributed by atoms with van der Waals surface area (Å²) >= 11 is 0. The first-order valence-electron chi connectivity index (χ1n) is 4.96. The van der Waals surface area contributed by atoms with Gasteiger partial charge >= 0.3 is 0 Å². The van der Waals surface area contributed by atoms with Crippen LogP contribution in [0.3, 0.4) is 0 Å². The minimum atomic E-state index is -0.303. The number of hydrogen-bond acceptors (Lipinski definition) is 3. The van der Waals surface area contributed by atoms with Crippen molar-refractivity contribution < 1.29 is 13.9 Å². The second-order valence-corrected chi connectivity index (χ2v) is 3.45. The Morgan fingerprint density at radius 3 is 2.94 bits per heavy atom. The zero-order valence-corrected chi connectivity index (χ0v) is 9.85. The summed E-state index contributed by atoms with van der Waals surface area (Å²) in [6, 6.07) is 5.08. The Morgan fingerprint density at radius 2 is 2.31 bits per heavy atom. The molecule has 0 aliphatic carbocycles. The summed E-state index contributed by atoms with van der Waals surface area (Å²) < 4.78 is 24.1. The number of ether oxygens (including phenoxy) is 2. The van der Waals surface area contributed by atoms with E-state index in [9.17, 15) is 4.39 Å². The molecule has 0 spiro atoms. The lowest BCUT2D eigenvalue weighted by Crippen LogP contribution is -2.35. The fourth-order valence-electron chi connectivity index (χ4n) is 1.72. The van der Waals surface area contributed by atoms with Crippen LogP contribution in [0.2, 0.25) is 0 Å². The van der Waals surface area contributed by atoms with E-state index in [2.05, 4.69) is 5.32 Å². The van der Waals surface area contributed by atoms with E-state index < -0.39 is 0 Å². The van der Waals surface area contributed by atoms with E-state index in [-0.39, 0.29) is 30.0 Å². The normalized spacial score (nSPS) is 20.0. The summed E-state index contributed by atoms with van der Waals surface area (Å²) in [5.41, 5.74) is 0.606. The first-order valence-corrected chi connectivity index (χ1v) is 4.96. The lowest BCUT2D eigenvalue weighted by molar-refractivity contribution is 0.0756. The second-order valence-electron chi connectivity index (χ2n) is 3.45. The standard InChI is InChI=1S/C11H14FNO2.ClH/c1-14-10-4-2-3-8(11(10)12)9-7-15-6-5-13-9;/h2-4,9,13H,5-7H2,1H3;1H/t9-;/m1./s1. The predicted molar refractivity (Wildman–Crippen MR) is 61.8 cm³/mol. The molecule has 5 heteroatoms. The maximum Gasteiger partial charge on any atom is 0.169 e. The molecule has 0 radical (unpaired) electrons. The van der Waals surface area contributed by atoms with Crippen molar-refractivity contribution in [3.63, 3.8) is 0 Å². The van der Waals surface area contributed by atoms with Crippen molar-refractivity contribution in [2.75, 3.05) is 26.9 Å². The fourth-order valence-corrected chi connectivity index (χ4v) is 1.72. The Hall–Kier alpha value is -0.840. The number of hydrogen-bond donors (Lipinski definition) is 1. The molecule has 0 saturated carbocycles. The van der Waals surface area contributed by atoms with Crippen molar-refractivity contribution in [1.29, 1.82) is 0 Å². The Bertz CT molecular complexity index is 343. The van der Waals surface area contributed by atoms with Gasteiger partial charge in [0.1, 0.15) is 0 Å². The maximum absolute atomic E-state index is 13.8. The third-order valence-electron chi connectivity index (χ3n) is 2.51. The highest BCUT2D eigenvalue weighted by Gasteiger charge is 2.20. The predicted octanol–water partition coefficient (Wildman–Crippen LogP) is 1.92. The third kappa shape index (κ3) is 2.64. The number of methoxy groups -OCH3 is 1. The van der Waals surface area contributed by atoms with E-state index in [1.54, 1.807) is 18.2 Å². The number of halogens is 2. The first kappa shape index (κ1) is 13.2. The van der Waals surface area contributed by atoms with Crippen molar-refractivity contribution in [1.82, 2.24) is 5.32 Å². The van der Waals surface area contributed by atoms with Gasteiger partial charge in [-0.3, -0.25) is 0 Å². The molecular weight excluding hydrogens is 233 g/mol. The van der Waals surface area contributed by atoms with Crippen molar-refractivity contribution >= 4 is 12.4 Å². The number of nitrogens with one attached hydrogen (secondary N) is 1. The molecule has 0 amide bonds. The van der Waals surface area contributed by atoms with Gasteiger partial charge in [-0.05, 0) is 6.07 Å². The molecule has 1 aliphatic heterocycles. The monoisotopic (exact) mass is 247 g/mol. The van der Waals surface area contributed by atoms with E-state index in [1.807, 2.05) is 0 Å². The molecule has 0 unspecified atom stereocenters. The fraction of sp³-hybridized carbons (Fsp3) is 0.455. The summed E-state index contributed by atoms with van der Waals surface area (Å²) in [6.07, 6.45) is 0. The zero-order chi connectivity index (χ0) is 10.7. The van der Waals surface area contributed by atoms with Crippen molar-refractivity contribution in [3.8, 4) is 5.75 Å². The average Bonchev–Trinajstić information content (AvgIpc) is 2.30. The molecule has 1 atom stereocenters. The van der Waals surface area contributed by atoms with Gasteiger partial charge in [-0.15, -0.1) is 12.4 Å². The van der Waals surface area contributed by atoms with Gasteiger partial charge in [-0.1, -0.05) is 12.1 Å². The van der Waals surface area contributed by atoms with Crippen LogP contribution in [0.25, 0.3) is 0 Å². The summed E-state index contributed by atoms with van der Waals surface area (Å²) in [7, 11) is 1.47. The molecule has 2 rings (SSSR count). The highest BCUT2D eigenvalue weighted by Crippen LogP contribution is 2.25. The largest absolute Gasteiger partial charge is 0.494 e.